The average Bonchev–Trinajstić information content (AvgIpc) is 3.11. The fourth-order valence-electron chi connectivity index (χ4n) is 3.71. The molecule has 1 aliphatic rings. The number of piperazine rings is 1. The number of nitrogens with zero attached hydrogens (tertiary/aromatic N) is 4. The summed E-state index contributed by atoms with van der Waals surface area (Å²) >= 11 is 0. The number of benzene rings is 2. The number of carbonyl (C=O) groups excluding carboxylic acids is 1. The first-order valence-corrected chi connectivity index (χ1v) is 9.86. The van der Waals surface area contributed by atoms with Crippen molar-refractivity contribution in [3.05, 3.63) is 76.9 Å². The number of hydrogen-bond acceptors (Lipinski definition) is 3. The number of anilines is 1. The molecule has 1 fully saturated rings. The first-order chi connectivity index (χ1) is 13.9. The molecule has 5 nitrogen and oxygen atoms in total. The number of amides is 1. The second-order valence-electron chi connectivity index (χ2n) is 7.61. The number of carbonyl (C=O) groups is 1. The van der Waals surface area contributed by atoms with Gasteiger partial charge in [-0.1, -0.05) is 12.1 Å². The van der Waals surface area contributed by atoms with E-state index in [0.29, 0.717) is 24.5 Å². The Balaban J connectivity index is 1.51. The summed E-state index contributed by atoms with van der Waals surface area (Å²) in [6.07, 6.45) is 0. The van der Waals surface area contributed by atoms with Crippen LogP contribution in [0.4, 0.5) is 10.1 Å². The van der Waals surface area contributed by atoms with Gasteiger partial charge in [0.1, 0.15) is 11.5 Å². The molecule has 0 unspecified atom stereocenters. The van der Waals surface area contributed by atoms with Crippen molar-refractivity contribution in [1.29, 1.82) is 0 Å². The lowest BCUT2D eigenvalue weighted by atomic mass is 10.1. The fourth-order valence-corrected chi connectivity index (χ4v) is 3.71. The highest BCUT2D eigenvalue weighted by Gasteiger charge is 2.26. The molecule has 0 atom stereocenters. The summed E-state index contributed by atoms with van der Waals surface area (Å²) in [6, 6.07) is 14.4. The van der Waals surface area contributed by atoms with Crippen LogP contribution >= 0.6 is 0 Å². The van der Waals surface area contributed by atoms with Crippen LogP contribution in [-0.2, 0) is 0 Å². The van der Waals surface area contributed by atoms with Gasteiger partial charge < -0.3 is 9.80 Å². The standard InChI is InChI=1S/C23H25FN4O/c1-16-7-8-20(13-17(16)2)26-9-11-27(12-10-26)23(29)22-14-18(3)25-28(22)21-6-4-5-19(24)15-21/h4-8,13-15H,9-12H2,1-3H3. The smallest absolute Gasteiger partial charge is 0.272 e. The van der Waals surface area contributed by atoms with E-state index in [1.165, 1.54) is 33.6 Å². The SMILES string of the molecule is Cc1cc(C(=O)N2CCN(c3ccc(C)c(C)c3)CC2)n(-c2cccc(F)c2)n1. The molecular formula is C23H25FN4O. The molecule has 0 spiro atoms. The number of aryl methyl sites for hydroxylation is 3. The van der Waals surface area contributed by atoms with Gasteiger partial charge in [0.2, 0.25) is 0 Å². The number of halogens is 1. The maximum Gasteiger partial charge on any atom is 0.272 e. The lowest BCUT2D eigenvalue weighted by molar-refractivity contribution is 0.0737. The van der Waals surface area contributed by atoms with E-state index in [1.54, 1.807) is 18.2 Å². The molecule has 1 aromatic heterocycles. The molecule has 29 heavy (non-hydrogen) atoms. The Morgan fingerprint density at radius 2 is 1.66 bits per heavy atom. The topological polar surface area (TPSA) is 41.4 Å². The molecule has 2 heterocycles. The van der Waals surface area contributed by atoms with Crippen LogP contribution in [0.3, 0.4) is 0 Å². The minimum Gasteiger partial charge on any atom is -0.368 e. The van der Waals surface area contributed by atoms with Crippen LogP contribution in [0.5, 0.6) is 0 Å². The zero-order valence-electron chi connectivity index (χ0n) is 17.0. The van der Waals surface area contributed by atoms with Gasteiger partial charge in [-0.15, -0.1) is 0 Å². The summed E-state index contributed by atoms with van der Waals surface area (Å²) in [5.41, 5.74) is 5.49. The van der Waals surface area contributed by atoms with Gasteiger partial charge in [0.05, 0.1) is 11.4 Å². The molecule has 0 saturated carbocycles. The molecule has 4 rings (SSSR count). The second kappa shape index (κ2) is 7.70. The van der Waals surface area contributed by atoms with Crippen molar-refractivity contribution in [2.45, 2.75) is 20.8 Å². The molecule has 1 saturated heterocycles. The monoisotopic (exact) mass is 392 g/mol. The van der Waals surface area contributed by atoms with E-state index in [2.05, 4.69) is 42.0 Å². The first kappa shape index (κ1) is 19.2. The Hall–Kier alpha value is -3.15. The van der Waals surface area contributed by atoms with Gasteiger partial charge in [-0.25, -0.2) is 9.07 Å². The predicted molar refractivity (Wildman–Crippen MR) is 112 cm³/mol. The van der Waals surface area contributed by atoms with Gasteiger partial charge in [0.15, 0.2) is 0 Å². The van der Waals surface area contributed by atoms with E-state index in [0.717, 1.165) is 18.8 Å². The van der Waals surface area contributed by atoms with Crippen molar-refractivity contribution in [3.8, 4) is 5.69 Å². The molecule has 1 amide bonds. The summed E-state index contributed by atoms with van der Waals surface area (Å²) < 4.78 is 15.2. The van der Waals surface area contributed by atoms with E-state index in [4.69, 9.17) is 0 Å². The Kier molecular flexibility index (Phi) is 5.09. The van der Waals surface area contributed by atoms with Gasteiger partial charge in [-0.2, -0.15) is 5.10 Å². The molecule has 0 aliphatic carbocycles. The molecule has 0 N–H and O–H groups in total. The Morgan fingerprint density at radius 3 is 2.34 bits per heavy atom. The molecule has 2 aromatic carbocycles. The third kappa shape index (κ3) is 3.88. The Labute approximate surface area is 170 Å². The molecule has 0 bridgehead atoms. The van der Waals surface area contributed by atoms with Gasteiger partial charge in [0, 0.05) is 31.9 Å². The van der Waals surface area contributed by atoms with E-state index in [-0.39, 0.29) is 11.7 Å². The van der Waals surface area contributed by atoms with E-state index < -0.39 is 0 Å². The van der Waals surface area contributed by atoms with Gasteiger partial charge >= 0.3 is 0 Å². The highest BCUT2D eigenvalue weighted by molar-refractivity contribution is 5.93. The van der Waals surface area contributed by atoms with Crippen LogP contribution in [0.25, 0.3) is 5.69 Å². The molecule has 1 aliphatic heterocycles. The number of rotatable bonds is 3. The van der Waals surface area contributed by atoms with Crippen molar-refractivity contribution in [2.24, 2.45) is 0 Å². The largest absolute Gasteiger partial charge is 0.368 e. The normalized spacial score (nSPS) is 14.3. The van der Waals surface area contributed by atoms with Crippen molar-refractivity contribution in [1.82, 2.24) is 14.7 Å². The second-order valence-corrected chi connectivity index (χ2v) is 7.61. The van der Waals surface area contributed by atoms with Crippen LogP contribution < -0.4 is 4.90 Å². The van der Waals surface area contributed by atoms with Gasteiger partial charge in [-0.3, -0.25) is 4.79 Å². The lowest BCUT2D eigenvalue weighted by Crippen LogP contribution is -2.49. The molecule has 0 radical (unpaired) electrons. The van der Waals surface area contributed by atoms with Crippen LogP contribution in [0.15, 0.2) is 48.5 Å². The highest BCUT2D eigenvalue weighted by Crippen LogP contribution is 2.22. The van der Waals surface area contributed by atoms with E-state index in [9.17, 15) is 9.18 Å². The Bertz CT molecular complexity index is 1050. The third-order valence-corrected chi connectivity index (χ3v) is 5.53. The van der Waals surface area contributed by atoms with Crippen molar-refractivity contribution in [3.63, 3.8) is 0 Å². The minimum absolute atomic E-state index is 0.0744. The fraction of sp³-hybridized carbons (Fsp3) is 0.304. The summed E-state index contributed by atoms with van der Waals surface area (Å²) in [5.74, 6) is -0.425. The zero-order chi connectivity index (χ0) is 20.5. The predicted octanol–water partition coefficient (Wildman–Crippen LogP) is 3.90. The maximum absolute atomic E-state index is 13.7. The maximum atomic E-state index is 13.7. The van der Waals surface area contributed by atoms with Crippen molar-refractivity contribution in [2.75, 3.05) is 31.1 Å². The highest BCUT2D eigenvalue weighted by atomic mass is 19.1. The Morgan fingerprint density at radius 1 is 0.897 bits per heavy atom. The zero-order valence-corrected chi connectivity index (χ0v) is 17.0. The van der Waals surface area contributed by atoms with Crippen molar-refractivity contribution >= 4 is 11.6 Å². The van der Waals surface area contributed by atoms with Crippen LogP contribution in [0.2, 0.25) is 0 Å². The molecule has 6 heteroatoms. The van der Waals surface area contributed by atoms with E-state index in [1.807, 2.05) is 11.8 Å². The molecular weight excluding hydrogens is 367 g/mol. The first-order valence-electron chi connectivity index (χ1n) is 9.86. The molecule has 150 valence electrons. The van der Waals surface area contributed by atoms with Gasteiger partial charge in [-0.05, 0) is 68.3 Å². The summed E-state index contributed by atoms with van der Waals surface area (Å²) in [4.78, 5) is 17.3. The van der Waals surface area contributed by atoms with Crippen LogP contribution in [-0.4, -0.2) is 46.8 Å². The minimum atomic E-state index is -0.351. The summed E-state index contributed by atoms with van der Waals surface area (Å²) in [5, 5.41) is 4.41. The van der Waals surface area contributed by atoms with Crippen LogP contribution in [0.1, 0.15) is 27.3 Å². The average molecular weight is 392 g/mol. The van der Waals surface area contributed by atoms with Crippen LogP contribution in [0, 0.1) is 26.6 Å². The number of aromatic nitrogens is 2. The lowest BCUT2D eigenvalue weighted by Gasteiger charge is -2.36. The van der Waals surface area contributed by atoms with Crippen molar-refractivity contribution < 1.29 is 9.18 Å². The number of hydrogen-bond donors (Lipinski definition) is 0. The summed E-state index contributed by atoms with van der Waals surface area (Å²) in [6.45, 7) is 8.90. The van der Waals surface area contributed by atoms with E-state index >= 15 is 0 Å². The summed E-state index contributed by atoms with van der Waals surface area (Å²) in [7, 11) is 0. The quantitative estimate of drug-likeness (QED) is 0.679. The van der Waals surface area contributed by atoms with Gasteiger partial charge in [0.25, 0.3) is 5.91 Å². The third-order valence-electron chi connectivity index (χ3n) is 5.53. The molecule has 3 aromatic rings.